The van der Waals surface area contributed by atoms with Crippen LogP contribution in [-0.4, -0.2) is 58.0 Å². The first-order valence-electron chi connectivity index (χ1n) is 13.2. The average molecular weight is 520 g/mol. The first-order chi connectivity index (χ1) is 18.2. The summed E-state index contributed by atoms with van der Waals surface area (Å²) in [5, 5.41) is 6.96. The van der Waals surface area contributed by atoms with E-state index in [1.807, 2.05) is 48.5 Å². The van der Waals surface area contributed by atoms with Gasteiger partial charge in [-0.25, -0.2) is 9.59 Å². The standard InChI is InChI=1S/C29H34N4O5/c1-29(2,3)37-28(35)31-25(21-10-6-4-7-11-21)27(34)36-23-18-33(16-14-20(23)15-17-33)19-24-30-26(38-32-24)22-12-8-5-9-13-22/h4-13,20,23,25H,14-19H2,1-3H3/p+1/t20?,23-,25?,33?/m0/s1. The van der Waals surface area contributed by atoms with Gasteiger partial charge in [0.05, 0.1) is 13.1 Å². The molecule has 3 saturated heterocycles. The van der Waals surface area contributed by atoms with Crippen LogP contribution in [0.3, 0.4) is 0 Å². The van der Waals surface area contributed by atoms with Crippen molar-refractivity contribution in [2.75, 3.05) is 19.6 Å². The number of quaternary nitrogens is 1. The van der Waals surface area contributed by atoms with E-state index in [-0.39, 0.29) is 6.10 Å². The summed E-state index contributed by atoms with van der Waals surface area (Å²) in [6.45, 7) is 8.61. The van der Waals surface area contributed by atoms with E-state index < -0.39 is 23.7 Å². The highest BCUT2D eigenvalue weighted by Gasteiger charge is 2.49. The SMILES string of the molecule is CC(C)(C)OC(=O)NC(C(=O)O[C@H]1C[N+]2(Cc3noc(-c4ccccc4)n3)CCC1CC2)c1ccccc1. The lowest BCUT2D eigenvalue weighted by Crippen LogP contribution is -2.64. The molecule has 2 bridgehead atoms. The van der Waals surface area contributed by atoms with Crippen LogP contribution in [0.5, 0.6) is 0 Å². The van der Waals surface area contributed by atoms with Crippen molar-refractivity contribution >= 4 is 12.1 Å². The highest BCUT2D eigenvalue weighted by atomic mass is 16.6. The highest BCUT2D eigenvalue weighted by molar-refractivity contribution is 5.83. The first kappa shape index (κ1) is 25.9. The second kappa shape index (κ2) is 10.6. The van der Waals surface area contributed by atoms with Gasteiger partial charge in [0.1, 0.15) is 18.7 Å². The monoisotopic (exact) mass is 519 g/mol. The molecule has 1 N–H and O–H groups in total. The van der Waals surface area contributed by atoms with E-state index in [1.54, 1.807) is 32.9 Å². The number of hydrogen-bond acceptors (Lipinski definition) is 7. The van der Waals surface area contributed by atoms with Gasteiger partial charge >= 0.3 is 12.1 Å². The quantitative estimate of drug-likeness (QED) is 0.358. The van der Waals surface area contributed by atoms with Gasteiger partial charge in [0.15, 0.2) is 12.1 Å². The van der Waals surface area contributed by atoms with Crippen molar-refractivity contribution in [3.05, 3.63) is 72.1 Å². The van der Waals surface area contributed by atoms with Crippen LogP contribution in [0, 0.1) is 5.92 Å². The molecule has 0 radical (unpaired) electrons. The van der Waals surface area contributed by atoms with E-state index in [2.05, 4.69) is 15.5 Å². The predicted octanol–water partition coefficient (Wildman–Crippen LogP) is 4.65. The zero-order valence-electron chi connectivity index (χ0n) is 22.1. The van der Waals surface area contributed by atoms with Crippen LogP contribution in [0.15, 0.2) is 65.2 Å². The molecule has 3 aliphatic rings. The maximum absolute atomic E-state index is 13.5. The molecule has 6 rings (SSSR count). The number of esters is 1. The van der Waals surface area contributed by atoms with Gasteiger partial charge < -0.3 is 23.8 Å². The fourth-order valence-electron chi connectivity index (χ4n) is 5.46. The van der Waals surface area contributed by atoms with Gasteiger partial charge in [-0.2, -0.15) is 4.98 Å². The van der Waals surface area contributed by atoms with E-state index in [0.717, 1.165) is 36.0 Å². The van der Waals surface area contributed by atoms with Crippen molar-refractivity contribution in [1.82, 2.24) is 15.5 Å². The van der Waals surface area contributed by atoms with Crippen LogP contribution in [0.4, 0.5) is 4.79 Å². The summed E-state index contributed by atoms with van der Waals surface area (Å²) in [4.78, 5) is 30.7. The molecule has 3 fully saturated rings. The minimum absolute atomic E-state index is 0.253. The summed E-state index contributed by atoms with van der Waals surface area (Å²) in [5.41, 5.74) is 0.852. The molecule has 3 aromatic rings. The van der Waals surface area contributed by atoms with Gasteiger partial charge in [-0.05, 0) is 38.5 Å². The Morgan fingerprint density at radius 1 is 1.05 bits per heavy atom. The van der Waals surface area contributed by atoms with E-state index >= 15 is 0 Å². The van der Waals surface area contributed by atoms with Gasteiger partial charge in [-0.3, -0.25) is 0 Å². The minimum Gasteiger partial charge on any atom is -0.454 e. The van der Waals surface area contributed by atoms with Crippen molar-refractivity contribution in [1.29, 1.82) is 0 Å². The Hall–Kier alpha value is -3.72. The maximum atomic E-state index is 13.5. The third kappa shape index (κ3) is 6.05. The number of rotatable bonds is 7. The van der Waals surface area contributed by atoms with Crippen LogP contribution in [-0.2, 0) is 20.8 Å². The van der Waals surface area contributed by atoms with Gasteiger partial charge in [0.2, 0.25) is 5.82 Å². The number of carbonyl (C=O) groups excluding carboxylic acids is 2. The van der Waals surface area contributed by atoms with Gasteiger partial charge in [-0.15, -0.1) is 0 Å². The molecule has 9 heteroatoms. The van der Waals surface area contributed by atoms with Crippen LogP contribution in [0.25, 0.3) is 11.5 Å². The van der Waals surface area contributed by atoms with E-state index in [4.69, 9.17) is 14.0 Å². The molecular formula is C29H35N4O5+. The van der Waals surface area contributed by atoms with Crippen molar-refractivity contribution in [2.24, 2.45) is 5.92 Å². The number of ether oxygens (including phenoxy) is 2. The number of hydrogen-bond donors (Lipinski definition) is 1. The molecule has 1 amide bonds. The largest absolute Gasteiger partial charge is 0.454 e. The Labute approximate surface area is 222 Å². The predicted molar refractivity (Wildman–Crippen MR) is 139 cm³/mol. The zero-order chi connectivity index (χ0) is 26.8. The van der Waals surface area contributed by atoms with Gasteiger partial charge in [0, 0.05) is 24.3 Å². The molecule has 0 saturated carbocycles. The number of nitrogens with one attached hydrogen (secondary N) is 1. The lowest BCUT2D eigenvalue weighted by Gasteiger charge is -2.51. The first-order valence-corrected chi connectivity index (χ1v) is 13.2. The summed E-state index contributed by atoms with van der Waals surface area (Å²) >= 11 is 0. The molecule has 2 atom stereocenters. The van der Waals surface area contributed by atoms with Gasteiger partial charge in [0.25, 0.3) is 5.89 Å². The smallest absolute Gasteiger partial charge is 0.408 e. The molecule has 4 heterocycles. The van der Waals surface area contributed by atoms with Crippen LogP contribution < -0.4 is 5.32 Å². The molecule has 0 spiro atoms. The van der Waals surface area contributed by atoms with Crippen molar-refractivity contribution < 1.29 is 28.1 Å². The van der Waals surface area contributed by atoms with Crippen molar-refractivity contribution in [3.63, 3.8) is 0 Å². The summed E-state index contributed by atoms with van der Waals surface area (Å²) in [6.07, 6.45) is 0.998. The Bertz CT molecular complexity index is 1250. The molecule has 1 aromatic heterocycles. The number of fused-ring (bicyclic) bond motifs is 3. The fourth-order valence-corrected chi connectivity index (χ4v) is 5.46. The normalized spacial score (nSPS) is 23.4. The Morgan fingerprint density at radius 2 is 1.71 bits per heavy atom. The lowest BCUT2D eigenvalue weighted by atomic mass is 9.83. The Kier molecular flexibility index (Phi) is 7.21. The second-order valence-corrected chi connectivity index (χ2v) is 11.3. The van der Waals surface area contributed by atoms with E-state index in [9.17, 15) is 9.59 Å². The van der Waals surface area contributed by atoms with Gasteiger partial charge in [-0.1, -0.05) is 53.7 Å². The molecule has 1 unspecified atom stereocenters. The number of amides is 1. The van der Waals surface area contributed by atoms with Crippen molar-refractivity contribution in [3.8, 4) is 11.5 Å². The zero-order valence-corrected chi connectivity index (χ0v) is 22.1. The van der Waals surface area contributed by atoms with E-state index in [0.29, 0.717) is 36.3 Å². The van der Waals surface area contributed by atoms with Crippen LogP contribution >= 0.6 is 0 Å². The number of piperidine rings is 3. The number of benzene rings is 2. The summed E-state index contributed by atoms with van der Waals surface area (Å²) in [5.74, 6) is 0.975. The average Bonchev–Trinajstić information content (AvgIpc) is 3.36. The summed E-state index contributed by atoms with van der Waals surface area (Å²) in [7, 11) is 0. The molecule has 38 heavy (non-hydrogen) atoms. The third-order valence-corrected chi connectivity index (χ3v) is 7.30. The molecule has 0 aliphatic carbocycles. The van der Waals surface area contributed by atoms with E-state index in [1.165, 1.54) is 0 Å². The topological polar surface area (TPSA) is 104 Å². The number of alkyl carbamates (subject to hydrolysis) is 1. The second-order valence-electron chi connectivity index (χ2n) is 11.3. The Morgan fingerprint density at radius 3 is 2.37 bits per heavy atom. The van der Waals surface area contributed by atoms with Crippen LogP contribution in [0.2, 0.25) is 0 Å². The Balaban J connectivity index is 1.28. The highest BCUT2D eigenvalue weighted by Crippen LogP contribution is 2.37. The van der Waals surface area contributed by atoms with Crippen LogP contribution in [0.1, 0.15) is 51.0 Å². The molecule has 9 nitrogen and oxygen atoms in total. The number of aromatic nitrogens is 2. The number of carbonyl (C=O) groups is 2. The fraction of sp³-hybridized carbons (Fsp3) is 0.448. The maximum Gasteiger partial charge on any atom is 0.408 e. The third-order valence-electron chi connectivity index (χ3n) is 7.30. The molecular weight excluding hydrogens is 484 g/mol. The molecule has 200 valence electrons. The molecule has 3 aliphatic heterocycles. The summed E-state index contributed by atoms with van der Waals surface area (Å²) < 4.78 is 17.8. The van der Waals surface area contributed by atoms with Crippen molar-refractivity contribution in [2.45, 2.75) is 57.9 Å². The lowest BCUT2D eigenvalue weighted by molar-refractivity contribution is -0.958. The number of nitrogens with zero attached hydrogens (tertiary/aromatic N) is 3. The molecule has 2 aromatic carbocycles. The summed E-state index contributed by atoms with van der Waals surface area (Å²) in [6, 6.07) is 17.9. The minimum atomic E-state index is -0.958.